The van der Waals surface area contributed by atoms with Gasteiger partial charge >= 0.3 is 11.9 Å². The maximum Gasteiger partial charge on any atom is 0.341 e. The summed E-state index contributed by atoms with van der Waals surface area (Å²) in [6.45, 7) is 11.6. The number of Topliss-reactive ketones (excluding diaryl/α,β-unsaturated/α-hetero) is 2. The Kier molecular flexibility index (Phi) is 17.3. The van der Waals surface area contributed by atoms with Gasteiger partial charge in [-0.25, -0.2) is 9.59 Å². The summed E-state index contributed by atoms with van der Waals surface area (Å²) in [4.78, 5) is 46.6. The average Bonchev–Trinajstić information content (AvgIpc) is 2.94. The average molecular weight is 499 g/mol. The van der Waals surface area contributed by atoms with Gasteiger partial charge < -0.3 is 9.47 Å². The molecule has 0 bridgehead atoms. The van der Waals surface area contributed by atoms with E-state index in [1.54, 1.807) is 60.7 Å². The number of ether oxygens (including phenoxy) is 2. The minimum Gasteiger partial charge on any atom is -0.462 e. The lowest BCUT2D eigenvalue weighted by atomic mass is 10.1. The fraction of sp³-hybridized carbons (Fsp3) is 0.286. The van der Waals surface area contributed by atoms with Crippen molar-refractivity contribution in [2.45, 2.75) is 39.5 Å². The van der Waals surface area contributed by atoms with Crippen LogP contribution in [0.4, 0.5) is 0 Å². The van der Waals surface area contributed by atoms with Crippen molar-refractivity contribution in [2.75, 3.05) is 13.2 Å². The van der Waals surface area contributed by atoms with Crippen molar-refractivity contribution in [1.82, 2.24) is 0 Å². The van der Waals surface area contributed by atoms with Gasteiger partial charge in [-0.15, -0.1) is 0 Å². The van der Waals surface area contributed by atoms with Crippen molar-refractivity contribution < 1.29 is 39.2 Å². The Balaban J connectivity index is 0.000000637. The van der Waals surface area contributed by atoms with Crippen LogP contribution in [0.15, 0.2) is 85.0 Å². The highest BCUT2D eigenvalue weighted by Crippen LogP contribution is 2.09. The summed E-state index contributed by atoms with van der Waals surface area (Å²) in [5.74, 6) is -2.03. The molecular formula is C28H34O8. The first-order chi connectivity index (χ1) is 17.3. The third-order valence-electron chi connectivity index (χ3n) is 4.58. The highest BCUT2D eigenvalue weighted by molar-refractivity contribution is 6.24. The van der Waals surface area contributed by atoms with Gasteiger partial charge in [0.1, 0.15) is 11.1 Å². The summed E-state index contributed by atoms with van der Waals surface area (Å²) in [6.07, 6.45) is 3.45. The van der Waals surface area contributed by atoms with Gasteiger partial charge in [-0.3, -0.25) is 20.1 Å². The summed E-state index contributed by atoms with van der Waals surface area (Å²) >= 11 is 0. The van der Waals surface area contributed by atoms with Crippen LogP contribution in [0.2, 0.25) is 0 Å². The van der Waals surface area contributed by atoms with Gasteiger partial charge in [-0.05, 0) is 12.8 Å². The first kappa shape index (κ1) is 32.1. The van der Waals surface area contributed by atoms with E-state index in [4.69, 9.17) is 20.0 Å². The number of hydrogen-bond acceptors (Lipinski definition) is 8. The first-order valence-corrected chi connectivity index (χ1v) is 11.4. The normalized spacial score (nSPS) is 9.33. The van der Waals surface area contributed by atoms with Gasteiger partial charge in [0.05, 0.1) is 13.2 Å². The molecule has 0 aliphatic heterocycles. The predicted molar refractivity (Wildman–Crippen MR) is 137 cm³/mol. The van der Waals surface area contributed by atoms with Crippen LogP contribution in [0.1, 0.15) is 60.2 Å². The second-order valence-corrected chi connectivity index (χ2v) is 7.33. The topological polar surface area (TPSA) is 127 Å². The zero-order valence-corrected chi connectivity index (χ0v) is 20.8. The standard InChI is InChI=1S/2C14H16O3.H2O2/c2*1-3-4-10-17-14(16)11(2)13(15)12-8-6-5-7-9-12;1-2/h2*5-9H,2-4,10H2,1H3;1-2H. The first-order valence-electron chi connectivity index (χ1n) is 11.4. The Morgan fingerprint density at radius 1 is 0.639 bits per heavy atom. The molecule has 0 radical (unpaired) electrons. The highest BCUT2D eigenvalue weighted by atomic mass is 17.0. The van der Waals surface area contributed by atoms with Crippen molar-refractivity contribution in [3.8, 4) is 0 Å². The minimum atomic E-state index is -0.632. The van der Waals surface area contributed by atoms with Crippen LogP contribution in [-0.2, 0) is 19.1 Å². The predicted octanol–water partition coefficient (Wildman–Crippen LogP) is 5.56. The molecule has 0 amide bonds. The number of ketones is 2. The fourth-order valence-electron chi connectivity index (χ4n) is 2.51. The molecule has 0 aliphatic carbocycles. The molecule has 0 fully saturated rings. The Morgan fingerprint density at radius 3 is 1.22 bits per heavy atom. The summed E-state index contributed by atoms with van der Waals surface area (Å²) in [7, 11) is 0. The van der Waals surface area contributed by atoms with Gasteiger partial charge in [0, 0.05) is 11.1 Å². The zero-order chi connectivity index (χ0) is 27.3. The molecule has 0 spiro atoms. The molecule has 0 unspecified atom stereocenters. The minimum absolute atomic E-state index is 0.118. The number of hydrogen-bond donors (Lipinski definition) is 2. The summed E-state index contributed by atoms with van der Waals surface area (Å²) in [5, 5.41) is 12.0. The van der Waals surface area contributed by atoms with Crippen LogP contribution in [0, 0.1) is 0 Å². The Labute approximate surface area is 211 Å². The third-order valence-corrected chi connectivity index (χ3v) is 4.58. The Morgan fingerprint density at radius 2 is 0.944 bits per heavy atom. The maximum atomic E-state index is 11.8. The number of rotatable bonds is 12. The van der Waals surface area contributed by atoms with E-state index in [9.17, 15) is 19.2 Å². The zero-order valence-electron chi connectivity index (χ0n) is 20.8. The molecule has 0 saturated carbocycles. The second kappa shape index (κ2) is 19.4. The molecule has 0 saturated heterocycles. The van der Waals surface area contributed by atoms with E-state index in [-0.39, 0.29) is 22.7 Å². The van der Waals surface area contributed by atoms with Gasteiger partial charge in [0.15, 0.2) is 11.6 Å². The van der Waals surface area contributed by atoms with Crippen LogP contribution >= 0.6 is 0 Å². The monoisotopic (exact) mass is 498 g/mol. The molecule has 194 valence electrons. The molecule has 2 aromatic carbocycles. The van der Waals surface area contributed by atoms with Crippen LogP contribution in [0.3, 0.4) is 0 Å². The number of carbonyl (C=O) groups is 4. The lowest BCUT2D eigenvalue weighted by molar-refractivity contribution is -0.176. The van der Waals surface area contributed by atoms with E-state index in [0.717, 1.165) is 25.7 Å². The van der Waals surface area contributed by atoms with Crippen molar-refractivity contribution in [3.05, 3.63) is 96.1 Å². The number of benzene rings is 2. The molecule has 36 heavy (non-hydrogen) atoms. The molecule has 0 atom stereocenters. The SMILES string of the molecule is C=C(C(=O)OCCCC)C(=O)c1ccccc1.C=C(C(=O)OCCCC)C(=O)c1ccccc1.OO. The molecule has 2 aromatic rings. The number of esters is 2. The van der Waals surface area contributed by atoms with Gasteiger partial charge in [0.2, 0.25) is 0 Å². The second-order valence-electron chi connectivity index (χ2n) is 7.33. The number of carbonyl (C=O) groups excluding carboxylic acids is 4. The smallest absolute Gasteiger partial charge is 0.341 e. The molecule has 8 heteroatoms. The van der Waals surface area contributed by atoms with Crippen LogP contribution in [-0.4, -0.2) is 47.2 Å². The molecule has 2 N–H and O–H groups in total. The Bertz CT molecular complexity index is 900. The molecule has 0 aromatic heterocycles. The number of unbranched alkanes of at least 4 members (excludes halogenated alkanes) is 2. The van der Waals surface area contributed by atoms with Gasteiger partial charge in [-0.1, -0.05) is 101 Å². The maximum absolute atomic E-state index is 11.8. The molecule has 2 rings (SSSR count). The largest absolute Gasteiger partial charge is 0.462 e. The van der Waals surface area contributed by atoms with E-state index in [1.807, 2.05) is 13.8 Å². The van der Waals surface area contributed by atoms with Crippen molar-refractivity contribution in [3.63, 3.8) is 0 Å². The van der Waals surface area contributed by atoms with Crippen LogP contribution in [0.5, 0.6) is 0 Å². The van der Waals surface area contributed by atoms with Crippen LogP contribution in [0.25, 0.3) is 0 Å². The fourth-order valence-corrected chi connectivity index (χ4v) is 2.51. The highest BCUT2D eigenvalue weighted by Gasteiger charge is 2.19. The van der Waals surface area contributed by atoms with Gasteiger partial charge in [0.25, 0.3) is 0 Å². The lowest BCUT2D eigenvalue weighted by Crippen LogP contribution is -2.15. The van der Waals surface area contributed by atoms with Crippen molar-refractivity contribution in [2.24, 2.45) is 0 Å². The molecular weight excluding hydrogens is 464 g/mol. The molecule has 0 heterocycles. The summed E-state index contributed by atoms with van der Waals surface area (Å²) in [5.41, 5.74) is 0.662. The van der Waals surface area contributed by atoms with E-state index in [2.05, 4.69) is 13.2 Å². The van der Waals surface area contributed by atoms with E-state index < -0.39 is 11.9 Å². The molecule has 8 nitrogen and oxygen atoms in total. The summed E-state index contributed by atoms with van der Waals surface area (Å²) < 4.78 is 9.86. The lowest BCUT2D eigenvalue weighted by Gasteiger charge is -2.05. The molecule has 0 aliphatic rings. The van der Waals surface area contributed by atoms with E-state index in [0.29, 0.717) is 24.3 Å². The summed E-state index contributed by atoms with van der Waals surface area (Å²) in [6, 6.07) is 17.1. The van der Waals surface area contributed by atoms with Crippen molar-refractivity contribution >= 4 is 23.5 Å². The van der Waals surface area contributed by atoms with Crippen LogP contribution < -0.4 is 0 Å². The van der Waals surface area contributed by atoms with E-state index in [1.165, 1.54) is 0 Å². The Hall–Kier alpha value is -3.88. The quantitative estimate of drug-likeness (QED) is 0.0569. The van der Waals surface area contributed by atoms with Gasteiger partial charge in [-0.2, -0.15) is 0 Å². The van der Waals surface area contributed by atoms with Crippen molar-refractivity contribution in [1.29, 1.82) is 0 Å². The third kappa shape index (κ3) is 12.0. The van der Waals surface area contributed by atoms with E-state index >= 15 is 0 Å².